The molecular formula is C20H39N7O5S. The standard InChI is InChI=1S/C20H39N7O5S/c1-5-11(4)15(18(30)25-13(9-33)19(31)32)27-17(29)14(10(2)3)26-16(28)12(21)7-6-8-24-20(22)23/h10-15,33H,5-9,21H2,1-4H3,(H,25,30)(H,26,28)(H,27,29)(H,31,32)(H4,22,23,24). The molecule has 190 valence electrons. The summed E-state index contributed by atoms with van der Waals surface area (Å²) >= 11 is 3.94. The summed E-state index contributed by atoms with van der Waals surface area (Å²) in [7, 11) is 0. The van der Waals surface area contributed by atoms with Crippen molar-refractivity contribution in [1.29, 1.82) is 0 Å². The topological polar surface area (TPSA) is 215 Å². The lowest BCUT2D eigenvalue weighted by molar-refractivity contribution is -0.142. The Morgan fingerprint density at radius 2 is 1.52 bits per heavy atom. The van der Waals surface area contributed by atoms with Gasteiger partial charge in [-0.05, 0) is 24.7 Å². The van der Waals surface area contributed by atoms with E-state index in [2.05, 4.69) is 33.6 Å². The molecule has 5 unspecified atom stereocenters. The number of nitrogens with zero attached hydrogens (tertiary/aromatic N) is 1. The molecule has 10 N–H and O–H groups in total. The average Bonchev–Trinajstić information content (AvgIpc) is 2.74. The van der Waals surface area contributed by atoms with Crippen LogP contribution in [0.2, 0.25) is 0 Å². The van der Waals surface area contributed by atoms with Crippen LogP contribution in [0.5, 0.6) is 0 Å². The molecule has 0 aromatic carbocycles. The molecule has 0 aliphatic heterocycles. The number of carboxylic acid groups (broad SMARTS) is 1. The van der Waals surface area contributed by atoms with Crippen molar-refractivity contribution in [3.8, 4) is 0 Å². The summed E-state index contributed by atoms with van der Waals surface area (Å²) in [5.74, 6) is -3.68. The minimum atomic E-state index is -1.23. The van der Waals surface area contributed by atoms with Crippen LogP contribution in [0.3, 0.4) is 0 Å². The smallest absolute Gasteiger partial charge is 0.327 e. The van der Waals surface area contributed by atoms with E-state index in [0.29, 0.717) is 25.8 Å². The Kier molecular flexibility index (Phi) is 14.1. The highest BCUT2D eigenvalue weighted by Crippen LogP contribution is 2.11. The first kappa shape index (κ1) is 30.5. The van der Waals surface area contributed by atoms with Gasteiger partial charge in [0.1, 0.15) is 18.1 Å². The molecule has 0 saturated carbocycles. The number of nitrogens with two attached hydrogens (primary N) is 3. The average molecular weight is 490 g/mol. The fraction of sp³-hybridized carbons (Fsp3) is 0.750. The summed E-state index contributed by atoms with van der Waals surface area (Å²) in [4.78, 5) is 53.3. The van der Waals surface area contributed by atoms with Gasteiger partial charge in [-0.2, -0.15) is 12.6 Å². The molecule has 13 heteroatoms. The van der Waals surface area contributed by atoms with E-state index in [-0.39, 0.29) is 23.5 Å². The number of carbonyl (C=O) groups is 4. The predicted molar refractivity (Wildman–Crippen MR) is 129 cm³/mol. The highest BCUT2D eigenvalue weighted by Gasteiger charge is 2.33. The lowest BCUT2D eigenvalue weighted by Gasteiger charge is -2.29. The lowest BCUT2D eigenvalue weighted by Crippen LogP contribution is -2.60. The number of hydrogen-bond acceptors (Lipinski definition) is 7. The third-order valence-electron chi connectivity index (χ3n) is 5.14. The summed E-state index contributed by atoms with van der Waals surface area (Å²) < 4.78 is 0. The first-order valence-electron chi connectivity index (χ1n) is 10.9. The van der Waals surface area contributed by atoms with Gasteiger partial charge in [0, 0.05) is 12.3 Å². The summed E-state index contributed by atoms with van der Waals surface area (Å²) in [6.07, 6.45) is 1.35. The Hall–Kier alpha value is -2.54. The molecule has 0 aromatic rings. The second-order valence-electron chi connectivity index (χ2n) is 8.24. The first-order chi connectivity index (χ1) is 15.3. The minimum Gasteiger partial charge on any atom is -0.480 e. The van der Waals surface area contributed by atoms with Crippen molar-refractivity contribution in [3.63, 3.8) is 0 Å². The zero-order chi connectivity index (χ0) is 25.7. The quantitative estimate of drug-likeness (QED) is 0.0587. The lowest BCUT2D eigenvalue weighted by atomic mass is 9.96. The van der Waals surface area contributed by atoms with E-state index >= 15 is 0 Å². The maximum absolute atomic E-state index is 13.0. The van der Waals surface area contributed by atoms with Gasteiger partial charge >= 0.3 is 5.97 Å². The number of nitrogens with one attached hydrogen (secondary N) is 3. The van der Waals surface area contributed by atoms with Crippen molar-refractivity contribution in [2.45, 2.75) is 71.1 Å². The highest BCUT2D eigenvalue weighted by atomic mass is 32.1. The van der Waals surface area contributed by atoms with Crippen molar-refractivity contribution < 1.29 is 24.3 Å². The summed E-state index contributed by atoms with van der Waals surface area (Å²) in [6, 6.07) is -3.99. The molecule has 0 aliphatic carbocycles. The largest absolute Gasteiger partial charge is 0.480 e. The number of aliphatic imine (C=N–C) groups is 1. The molecule has 5 atom stereocenters. The number of thiol groups is 1. The summed E-state index contributed by atoms with van der Waals surface area (Å²) in [5.41, 5.74) is 16.4. The molecule has 0 heterocycles. The van der Waals surface area contributed by atoms with E-state index in [1.54, 1.807) is 20.8 Å². The van der Waals surface area contributed by atoms with Crippen LogP contribution in [0.15, 0.2) is 4.99 Å². The van der Waals surface area contributed by atoms with Crippen LogP contribution in [0.25, 0.3) is 0 Å². The van der Waals surface area contributed by atoms with E-state index in [9.17, 15) is 19.2 Å². The SMILES string of the molecule is CCC(C)C(NC(=O)C(NC(=O)C(N)CCCN=C(N)N)C(C)C)C(=O)NC(CS)C(=O)O. The molecule has 0 saturated heterocycles. The third-order valence-corrected chi connectivity index (χ3v) is 5.51. The Morgan fingerprint density at radius 1 is 0.970 bits per heavy atom. The van der Waals surface area contributed by atoms with E-state index < -0.39 is 47.9 Å². The first-order valence-corrected chi connectivity index (χ1v) is 11.5. The molecule has 33 heavy (non-hydrogen) atoms. The maximum atomic E-state index is 13.0. The molecular weight excluding hydrogens is 450 g/mol. The van der Waals surface area contributed by atoms with Gasteiger partial charge in [-0.25, -0.2) is 4.79 Å². The van der Waals surface area contributed by atoms with Crippen LogP contribution >= 0.6 is 12.6 Å². The van der Waals surface area contributed by atoms with Gasteiger partial charge in [0.05, 0.1) is 6.04 Å². The Labute approximate surface area is 200 Å². The number of rotatable bonds is 15. The number of carbonyl (C=O) groups excluding carboxylic acids is 3. The van der Waals surface area contributed by atoms with Crippen LogP contribution in [0.4, 0.5) is 0 Å². The second kappa shape index (κ2) is 15.3. The fourth-order valence-electron chi connectivity index (χ4n) is 2.84. The van der Waals surface area contributed by atoms with Gasteiger partial charge in [0.15, 0.2) is 5.96 Å². The maximum Gasteiger partial charge on any atom is 0.327 e. The van der Waals surface area contributed by atoms with Crippen LogP contribution in [0, 0.1) is 11.8 Å². The van der Waals surface area contributed by atoms with E-state index in [1.165, 1.54) is 0 Å². The Bertz CT molecular complexity index is 700. The third kappa shape index (κ3) is 11.2. The van der Waals surface area contributed by atoms with Gasteiger partial charge in [0.2, 0.25) is 17.7 Å². The number of amides is 3. The van der Waals surface area contributed by atoms with Crippen molar-refractivity contribution >= 4 is 42.3 Å². The van der Waals surface area contributed by atoms with Gasteiger partial charge < -0.3 is 38.3 Å². The molecule has 0 rings (SSSR count). The Balaban J connectivity index is 5.26. The highest BCUT2D eigenvalue weighted by molar-refractivity contribution is 7.80. The van der Waals surface area contributed by atoms with E-state index in [1.807, 2.05) is 6.92 Å². The molecule has 0 spiro atoms. The summed E-state index contributed by atoms with van der Waals surface area (Å²) in [5, 5.41) is 16.8. The molecule has 0 fully saturated rings. The van der Waals surface area contributed by atoms with Crippen LogP contribution in [0.1, 0.15) is 47.0 Å². The zero-order valence-electron chi connectivity index (χ0n) is 19.7. The van der Waals surface area contributed by atoms with Crippen molar-refractivity contribution in [2.24, 2.45) is 34.0 Å². The number of aliphatic carboxylic acids is 1. The summed E-state index contributed by atoms with van der Waals surface area (Å²) in [6.45, 7) is 7.42. The van der Waals surface area contributed by atoms with Crippen LogP contribution < -0.4 is 33.2 Å². The zero-order valence-corrected chi connectivity index (χ0v) is 20.6. The Morgan fingerprint density at radius 3 is 1.97 bits per heavy atom. The molecule has 0 aromatic heterocycles. The number of hydrogen-bond donors (Lipinski definition) is 8. The molecule has 0 radical (unpaired) electrons. The molecule has 0 aliphatic rings. The molecule has 3 amide bonds. The number of carboxylic acids is 1. The van der Waals surface area contributed by atoms with Crippen LogP contribution in [-0.2, 0) is 19.2 Å². The second-order valence-corrected chi connectivity index (χ2v) is 8.60. The van der Waals surface area contributed by atoms with Crippen LogP contribution in [-0.4, -0.2) is 71.2 Å². The fourth-order valence-corrected chi connectivity index (χ4v) is 3.09. The van der Waals surface area contributed by atoms with Crippen molar-refractivity contribution in [3.05, 3.63) is 0 Å². The monoisotopic (exact) mass is 489 g/mol. The predicted octanol–water partition coefficient (Wildman–Crippen LogP) is -1.46. The van der Waals surface area contributed by atoms with Crippen molar-refractivity contribution in [1.82, 2.24) is 16.0 Å². The van der Waals surface area contributed by atoms with Crippen molar-refractivity contribution in [2.75, 3.05) is 12.3 Å². The molecule has 12 nitrogen and oxygen atoms in total. The van der Waals surface area contributed by atoms with Gasteiger partial charge in [0.25, 0.3) is 0 Å². The normalized spacial score (nSPS) is 15.5. The molecule has 0 bridgehead atoms. The minimum absolute atomic E-state index is 0.0477. The van der Waals surface area contributed by atoms with Gasteiger partial charge in [-0.15, -0.1) is 0 Å². The van der Waals surface area contributed by atoms with E-state index in [0.717, 1.165) is 0 Å². The van der Waals surface area contributed by atoms with Gasteiger partial charge in [-0.1, -0.05) is 34.1 Å². The van der Waals surface area contributed by atoms with E-state index in [4.69, 9.17) is 22.3 Å². The van der Waals surface area contributed by atoms with Gasteiger partial charge in [-0.3, -0.25) is 19.4 Å². The number of guanidine groups is 1.